The van der Waals surface area contributed by atoms with Gasteiger partial charge in [0.25, 0.3) is 5.91 Å². The van der Waals surface area contributed by atoms with E-state index in [1.807, 2.05) is 23.1 Å². The second-order valence-corrected chi connectivity index (χ2v) is 6.61. The molecule has 2 aromatic rings. The Morgan fingerprint density at radius 3 is 2.12 bits per heavy atom. The number of aromatic hydroxyl groups is 1. The van der Waals surface area contributed by atoms with Crippen LogP contribution in [0.3, 0.4) is 0 Å². The molecule has 0 aliphatic carbocycles. The summed E-state index contributed by atoms with van der Waals surface area (Å²) in [7, 11) is 0. The highest BCUT2D eigenvalue weighted by atomic mass is 16.3. The van der Waals surface area contributed by atoms with Gasteiger partial charge < -0.3 is 15.7 Å². The van der Waals surface area contributed by atoms with Gasteiger partial charge in [0.05, 0.1) is 5.56 Å². The number of phenolic OH excluding ortho intramolecular Hbond substituents is 1. The zero-order valence-corrected chi connectivity index (χ0v) is 15.4. The topological polar surface area (TPSA) is 66.6 Å². The van der Waals surface area contributed by atoms with Crippen molar-refractivity contribution in [3.8, 4) is 5.75 Å². The highest BCUT2D eigenvalue weighted by Crippen LogP contribution is 2.33. The van der Waals surface area contributed by atoms with Gasteiger partial charge in [0, 0.05) is 29.5 Å². The molecule has 0 heterocycles. The Morgan fingerprint density at radius 1 is 1.00 bits per heavy atom. The van der Waals surface area contributed by atoms with E-state index < -0.39 is 0 Å². The Bertz CT molecular complexity index is 702. The van der Waals surface area contributed by atoms with Gasteiger partial charge in [-0.2, -0.15) is 0 Å². The first-order chi connectivity index (χ1) is 12.1. The third-order valence-corrected chi connectivity index (χ3v) is 4.63. The van der Waals surface area contributed by atoms with Crippen LogP contribution in [0, 0.1) is 0 Å². The Hall–Kier alpha value is -2.23. The van der Waals surface area contributed by atoms with Crippen LogP contribution in [-0.2, 0) is 0 Å². The lowest BCUT2D eigenvalue weighted by Crippen LogP contribution is -2.33. The fraction of sp³-hybridized carbons (Fsp3) is 0.476. The number of carbonyl (C=O) groups is 1. The Labute approximate surface area is 150 Å². The molecule has 136 valence electrons. The summed E-state index contributed by atoms with van der Waals surface area (Å²) in [5.41, 5.74) is 6.96. The van der Waals surface area contributed by atoms with Crippen molar-refractivity contribution in [2.75, 3.05) is 18.8 Å². The number of nitrogens with two attached hydrogens (primary N) is 1. The summed E-state index contributed by atoms with van der Waals surface area (Å²) < 4.78 is 0. The summed E-state index contributed by atoms with van der Waals surface area (Å²) in [5, 5.41) is 12.0. The van der Waals surface area contributed by atoms with Crippen LogP contribution in [-0.4, -0.2) is 29.0 Å². The quantitative estimate of drug-likeness (QED) is 0.385. The Morgan fingerprint density at radius 2 is 1.56 bits per heavy atom. The molecular formula is C21H30N2O2. The largest absolute Gasteiger partial charge is 0.506 e. The fourth-order valence-electron chi connectivity index (χ4n) is 3.14. The van der Waals surface area contributed by atoms with E-state index in [2.05, 4.69) is 13.8 Å². The van der Waals surface area contributed by atoms with E-state index in [1.165, 1.54) is 0 Å². The van der Waals surface area contributed by atoms with Gasteiger partial charge in [-0.1, -0.05) is 63.8 Å². The average molecular weight is 342 g/mol. The maximum absolute atomic E-state index is 13.1. The van der Waals surface area contributed by atoms with Crippen molar-refractivity contribution in [3.05, 3.63) is 35.9 Å². The summed E-state index contributed by atoms with van der Waals surface area (Å²) in [5.74, 6) is -0.0899. The van der Waals surface area contributed by atoms with Crippen molar-refractivity contribution in [3.63, 3.8) is 0 Å². The maximum atomic E-state index is 13.1. The SMILES string of the molecule is CCCCCN(CCCCC)C(=O)c1cc(N)c2ccccc2c1O. The van der Waals surface area contributed by atoms with Crippen molar-refractivity contribution >= 4 is 22.4 Å². The molecule has 1 amide bonds. The van der Waals surface area contributed by atoms with E-state index in [9.17, 15) is 9.90 Å². The number of anilines is 1. The van der Waals surface area contributed by atoms with Gasteiger partial charge in [-0.05, 0) is 18.9 Å². The van der Waals surface area contributed by atoms with E-state index in [0.717, 1.165) is 57.0 Å². The van der Waals surface area contributed by atoms with E-state index in [-0.39, 0.29) is 11.7 Å². The Kier molecular flexibility index (Phi) is 7.11. The van der Waals surface area contributed by atoms with E-state index in [1.54, 1.807) is 12.1 Å². The zero-order chi connectivity index (χ0) is 18.2. The van der Waals surface area contributed by atoms with E-state index in [4.69, 9.17) is 5.73 Å². The van der Waals surface area contributed by atoms with E-state index >= 15 is 0 Å². The van der Waals surface area contributed by atoms with Crippen molar-refractivity contribution in [2.24, 2.45) is 0 Å². The summed E-state index contributed by atoms with van der Waals surface area (Å²) in [6.45, 7) is 5.75. The lowest BCUT2D eigenvalue weighted by atomic mass is 10.0. The van der Waals surface area contributed by atoms with Gasteiger partial charge in [-0.15, -0.1) is 0 Å². The molecule has 0 saturated heterocycles. The van der Waals surface area contributed by atoms with Crippen molar-refractivity contribution in [2.45, 2.75) is 52.4 Å². The van der Waals surface area contributed by atoms with Gasteiger partial charge in [0.1, 0.15) is 5.75 Å². The molecule has 0 saturated carbocycles. The van der Waals surface area contributed by atoms with Crippen LogP contribution in [0.4, 0.5) is 5.69 Å². The number of benzene rings is 2. The second kappa shape index (κ2) is 9.30. The molecule has 0 radical (unpaired) electrons. The molecule has 0 spiro atoms. The molecule has 0 aromatic heterocycles. The van der Waals surface area contributed by atoms with Crippen LogP contribution < -0.4 is 5.73 Å². The highest BCUT2D eigenvalue weighted by molar-refractivity contribution is 6.07. The number of hydrogen-bond donors (Lipinski definition) is 2. The van der Waals surface area contributed by atoms with Crippen LogP contribution in [0.1, 0.15) is 62.7 Å². The standard InChI is InChI=1S/C21H30N2O2/c1-3-5-9-13-23(14-10-6-4-2)21(25)18-15-19(22)16-11-7-8-12-17(16)20(18)24/h7-8,11-12,15,24H,3-6,9-10,13-14,22H2,1-2H3. The third kappa shape index (κ3) is 4.65. The summed E-state index contributed by atoms with van der Waals surface area (Å²) in [6, 6.07) is 9.00. The number of nitrogen functional groups attached to an aromatic ring is 1. The molecular weight excluding hydrogens is 312 g/mol. The number of fused-ring (bicyclic) bond motifs is 1. The van der Waals surface area contributed by atoms with Crippen molar-refractivity contribution < 1.29 is 9.90 Å². The van der Waals surface area contributed by atoms with E-state index in [0.29, 0.717) is 16.6 Å². The zero-order valence-electron chi connectivity index (χ0n) is 15.4. The number of unbranched alkanes of at least 4 members (excludes halogenated alkanes) is 4. The average Bonchev–Trinajstić information content (AvgIpc) is 2.63. The number of amides is 1. The molecule has 0 atom stereocenters. The first-order valence-electron chi connectivity index (χ1n) is 9.39. The molecule has 0 fully saturated rings. The molecule has 25 heavy (non-hydrogen) atoms. The van der Waals surface area contributed by atoms with Gasteiger partial charge >= 0.3 is 0 Å². The monoisotopic (exact) mass is 342 g/mol. The fourth-order valence-corrected chi connectivity index (χ4v) is 3.14. The predicted octanol–water partition coefficient (Wildman–Crippen LogP) is 4.95. The first kappa shape index (κ1) is 19.1. The first-order valence-corrected chi connectivity index (χ1v) is 9.39. The lowest BCUT2D eigenvalue weighted by molar-refractivity contribution is 0.0747. The molecule has 0 aliphatic heterocycles. The number of nitrogens with zero attached hydrogens (tertiary/aromatic N) is 1. The number of carbonyl (C=O) groups excluding carboxylic acids is 1. The molecule has 0 bridgehead atoms. The normalized spacial score (nSPS) is 11.0. The third-order valence-electron chi connectivity index (χ3n) is 4.63. The highest BCUT2D eigenvalue weighted by Gasteiger charge is 2.21. The molecule has 4 heteroatoms. The van der Waals surface area contributed by atoms with Crippen LogP contribution in [0.2, 0.25) is 0 Å². The molecule has 3 N–H and O–H groups in total. The number of phenols is 1. The van der Waals surface area contributed by atoms with Crippen molar-refractivity contribution in [1.29, 1.82) is 0 Å². The molecule has 2 aromatic carbocycles. The summed E-state index contributed by atoms with van der Waals surface area (Å²) >= 11 is 0. The van der Waals surface area contributed by atoms with Crippen LogP contribution >= 0.6 is 0 Å². The number of rotatable bonds is 9. The van der Waals surface area contributed by atoms with Crippen LogP contribution in [0.5, 0.6) is 5.75 Å². The summed E-state index contributed by atoms with van der Waals surface area (Å²) in [6.07, 6.45) is 6.40. The Balaban J connectivity index is 2.30. The minimum absolute atomic E-state index is 0.0331. The molecule has 0 aliphatic rings. The molecule has 2 rings (SSSR count). The van der Waals surface area contributed by atoms with Gasteiger partial charge in [0.2, 0.25) is 0 Å². The lowest BCUT2D eigenvalue weighted by Gasteiger charge is -2.24. The van der Waals surface area contributed by atoms with Gasteiger partial charge in [-0.25, -0.2) is 0 Å². The van der Waals surface area contributed by atoms with Gasteiger partial charge in [0.15, 0.2) is 0 Å². The number of hydrogen-bond acceptors (Lipinski definition) is 3. The maximum Gasteiger partial charge on any atom is 0.257 e. The second-order valence-electron chi connectivity index (χ2n) is 6.61. The van der Waals surface area contributed by atoms with Crippen LogP contribution in [0.15, 0.2) is 30.3 Å². The molecule has 4 nitrogen and oxygen atoms in total. The van der Waals surface area contributed by atoms with Crippen LogP contribution in [0.25, 0.3) is 10.8 Å². The minimum Gasteiger partial charge on any atom is -0.506 e. The predicted molar refractivity (Wildman–Crippen MR) is 105 cm³/mol. The minimum atomic E-state index is -0.123. The summed E-state index contributed by atoms with van der Waals surface area (Å²) in [4.78, 5) is 14.9. The van der Waals surface area contributed by atoms with Crippen molar-refractivity contribution in [1.82, 2.24) is 4.90 Å². The molecule has 0 unspecified atom stereocenters. The smallest absolute Gasteiger partial charge is 0.257 e. The van der Waals surface area contributed by atoms with Gasteiger partial charge in [-0.3, -0.25) is 4.79 Å².